The summed E-state index contributed by atoms with van der Waals surface area (Å²) < 4.78 is 39.3. The van der Waals surface area contributed by atoms with E-state index in [9.17, 15) is 12.8 Å². The van der Waals surface area contributed by atoms with E-state index >= 15 is 0 Å². The van der Waals surface area contributed by atoms with Crippen LogP contribution in [0.1, 0.15) is 12.0 Å². The van der Waals surface area contributed by atoms with Gasteiger partial charge in [0.15, 0.2) is 0 Å². The second kappa shape index (κ2) is 4.51. The Kier molecular flexibility index (Phi) is 3.11. The van der Waals surface area contributed by atoms with Crippen LogP contribution in [-0.2, 0) is 15.8 Å². The molecule has 3 rings (SSSR count). The molecule has 0 aliphatic carbocycles. The van der Waals surface area contributed by atoms with E-state index in [1.54, 1.807) is 16.4 Å². The third-order valence-corrected chi connectivity index (χ3v) is 6.70. The van der Waals surface area contributed by atoms with E-state index in [0.29, 0.717) is 17.4 Å². The Morgan fingerprint density at radius 1 is 1.44 bits per heavy atom. The highest BCUT2D eigenvalue weighted by Crippen LogP contribution is 2.39. The maximum Gasteiger partial charge on any atom is 0.218 e. The van der Waals surface area contributed by atoms with Gasteiger partial charge in [0.25, 0.3) is 0 Å². The molecule has 2 heterocycles. The third-order valence-electron chi connectivity index (χ3n) is 3.45. The average molecular weight is 287 g/mol. The first-order valence-electron chi connectivity index (χ1n) is 5.90. The Bertz CT molecular complexity index is 561. The van der Waals surface area contributed by atoms with Crippen molar-refractivity contribution in [2.45, 2.75) is 23.5 Å². The number of rotatable bonds is 3. The molecule has 2 aliphatic heterocycles. The number of benzene rings is 1. The number of thioether (sulfide) groups is 1. The van der Waals surface area contributed by atoms with E-state index < -0.39 is 10.0 Å². The van der Waals surface area contributed by atoms with Gasteiger partial charge in [-0.1, -0.05) is 12.1 Å². The molecule has 98 valence electrons. The normalized spacial score (nSPS) is 27.8. The summed E-state index contributed by atoms with van der Waals surface area (Å²) in [5, 5.41) is 0.456. The molecule has 0 aromatic heterocycles. The number of hydrogen-bond acceptors (Lipinski definition) is 3. The molecule has 0 spiro atoms. The lowest BCUT2D eigenvalue weighted by Crippen LogP contribution is -2.39. The van der Waals surface area contributed by atoms with Gasteiger partial charge in [-0.2, -0.15) is 16.1 Å². The molecule has 2 bridgehead atoms. The molecule has 2 aliphatic rings. The van der Waals surface area contributed by atoms with E-state index in [1.165, 1.54) is 12.1 Å². The lowest BCUT2D eigenvalue weighted by Gasteiger charge is -2.25. The van der Waals surface area contributed by atoms with Gasteiger partial charge in [-0.15, -0.1) is 0 Å². The SMILES string of the molecule is O=S(=O)(Cc1cccc(F)c1)N1CC2CC1CS2. The summed E-state index contributed by atoms with van der Waals surface area (Å²) in [7, 11) is -3.31. The van der Waals surface area contributed by atoms with Crippen molar-refractivity contribution in [3.8, 4) is 0 Å². The van der Waals surface area contributed by atoms with Crippen LogP contribution in [0.3, 0.4) is 0 Å². The molecule has 0 saturated carbocycles. The molecule has 0 amide bonds. The second-order valence-corrected chi connectivity index (χ2v) is 8.06. The monoisotopic (exact) mass is 287 g/mol. The van der Waals surface area contributed by atoms with Crippen LogP contribution in [0, 0.1) is 5.82 Å². The van der Waals surface area contributed by atoms with E-state index in [4.69, 9.17) is 0 Å². The Labute approximate surface area is 110 Å². The maximum absolute atomic E-state index is 13.1. The topological polar surface area (TPSA) is 37.4 Å². The summed E-state index contributed by atoms with van der Waals surface area (Å²) >= 11 is 1.85. The van der Waals surface area contributed by atoms with Crippen LogP contribution in [0.4, 0.5) is 4.39 Å². The van der Waals surface area contributed by atoms with Crippen molar-refractivity contribution >= 4 is 21.8 Å². The molecular weight excluding hydrogens is 273 g/mol. The summed E-state index contributed by atoms with van der Waals surface area (Å²) in [4.78, 5) is 0. The van der Waals surface area contributed by atoms with Crippen LogP contribution in [-0.4, -0.2) is 36.3 Å². The maximum atomic E-state index is 13.1. The number of fused-ring (bicyclic) bond motifs is 2. The summed E-state index contributed by atoms with van der Waals surface area (Å²) in [6.45, 7) is 0.618. The summed E-state index contributed by atoms with van der Waals surface area (Å²) in [5.74, 6) is 0.410. The standard InChI is InChI=1S/C12H14FNO2S2/c13-10-3-1-2-9(4-10)8-18(15,16)14-6-12-5-11(14)7-17-12/h1-4,11-12H,5-8H2. The Balaban J connectivity index is 1.79. The first kappa shape index (κ1) is 12.4. The zero-order valence-electron chi connectivity index (χ0n) is 9.75. The first-order chi connectivity index (χ1) is 8.54. The second-order valence-electron chi connectivity index (χ2n) is 4.80. The van der Waals surface area contributed by atoms with Gasteiger partial charge in [-0.3, -0.25) is 0 Å². The van der Waals surface area contributed by atoms with Gasteiger partial charge in [0.1, 0.15) is 5.82 Å². The summed E-state index contributed by atoms with van der Waals surface area (Å²) in [6.07, 6.45) is 0.965. The molecule has 2 atom stereocenters. The van der Waals surface area contributed by atoms with Crippen molar-refractivity contribution in [1.29, 1.82) is 0 Å². The van der Waals surface area contributed by atoms with Gasteiger partial charge in [-0.05, 0) is 24.1 Å². The molecule has 3 nitrogen and oxygen atoms in total. The molecular formula is C12H14FNO2S2. The first-order valence-corrected chi connectivity index (χ1v) is 8.56. The van der Waals surface area contributed by atoms with Crippen molar-refractivity contribution < 1.29 is 12.8 Å². The minimum Gasteiger partial charge on any atom is -0.212 e. The predicted molar refractivity (Wildman–Crippen MR) is 70.4 cm³/mol. The molecule has 2 saturated heterocycles. The summed E-state index contributed by atoms with van der Waals surface area (Å²) in [6, 6.07) is 5.97. The van der Waals surface area contributed by atoms with Gasteiger partial charge < -0.3 is 0 Å². The molecule has 1 aromatic rings. The van der Waals surface area contributed by atoms with Crippen LogP contribution in [0.2, 0.25) is 0 Å². The largest absolute Gasteiger partial charge is 0.218 e. The zero-order chi connectivity index (χ0) is 12.8. The molecule has 2 fully saturated rings. The van der Waals surface area contributed by atoms with Crippen LogP contribution >= 0.6 is 11.8 Å². The van der Waals surface area contributed by atoms with Gasteiger partial charge >= 0.3 is 0 Å². The number of hydrogen-bond donors (Lipinski definition) is 0. The lowest BCUT2D eigenvalue weighted by molar-refractivity contribution is 0.409. The van der Waals surface area contributed by atoms with E-state index in [-0.39, 0.29) is 17.6 Å². The van der Waals surface area contributed by atoms with Crippen LogP contribution in [0.5, 0.6) is 0 Å². The quantitative estimate of drug-likeness (QED) is 0.851. The van der Waals surface area contributed by atoms with Crippen molar-refractivity contribution in [2.24, 2.45) is 0 Å². The molecule has 18 heavy (non-hydrogen) atoms. The summed E-state index contributed by atoms with van der Waals surface area (Å²) in [5.41, 5.74) is 0.519. The minimum absolute atomic E-state index is 0.0986. The number of sulfonamides is 1. The van der Waals surface area contributed by atoms with Gasteiger partial charge in [0, 0.05) is 23.6 Å². The Hall–Kier alpha value is -0.590. The Morgan fingerprint density at radius 2 is 2.28 bits per heavy atom. The third kappa shape index (κ3) is 2.29. The molecule has 1 aromatic carbocycles. The fraction of sp³-hybridized carbons (Fsp3) is 0.500. The van der Waals surface area contributed by atoms with E-state index in [0.717, 1.165) is 12.2 Å². The van der Waals surface area contributed by atoms with Gasteiger partial charge in [-0.25, -0.2) is 12.8 Å². The van der Waals surface area contributed by atoms with Gasteiger partial charge in [0.2, 0.25) is 10.0 Å². The predicted octanol–water partition coefficient (Wildman–Crippen LogP) is 1.85. The van der Waals surface area contributed by atoms with Crippen LogP contribution in [0.25, 0.3) is 0 Å². The average Bonchev–Trinajstić information content (AvgIpc) is 2.90. The molecule has 0 radical (unpaired) electrons. The zero-order valence-corrected chi connectivity index (χ0v) is 11.4. The fourth-order valence-electron chi connectivity index (χ4n) is 2.63. The van der Waals surface area contributed by atoms with Crippen molar-refractivity contribution in [3.63, 3.8) is 0 Å². The smallest absolute Gasteiger partial charge is 0.212 e. The number of halogens is 1. The Morgan fingerprint density at radius 3 is 2.89 bits per heavy atom. The number of nitrogens with zero attached hydrogens (tertiary/aromatic N) is 1. The fourth-order valence-corrected chi connectivity index (χ4v) is 6.04. The minimum atomic E-state index is -3.31. The van der Waals surface area contributed by atoms with Crippen LogP contribution < -0.4 is 0 Å². The molecule has 0 N–H and O–H groups in total. The highest BCUT2D eigenvalue weighted by atomic mass is 32.2. The highest BCUT2D eigenvalue weighted by Gasteiger charge is 2.44. The van der Waals surface area contributed by atoms with Crippen molar-refractivity contribution in [3.05, 3.63) is 35.6 Å². The highest BCUT2D eigenvalue weighted by molar-refractivity contribution is 8.00. The van der Waals surface area contributed by atoms with Crippen LogP contribution in [0.15, 0.2) is 24.3 Å². The van der Waals surface area contributed by atoms with Gasteiger partial charge in [0.05, 0.1) is 5.75 Å². The van der Waals surface area contributed by atoms with E-state index in [1.807, 2.05) is 11.8 Å². The van der Waals surface area contributed by atoms with Crippen molar-refractivity contribution in [2.75, 3.05) is 12.3 Å². The van der Waals surface area contributed by atoms with Crippen molar-refractivity contribution in [1.82, 2.24) is 4.31 Å². The van der Waals surface area contributed by atoms with E-state index in [2.05, 4.69) is 0 Å². The molecule has 6 heteroatoms. The lowest BCUT2D eigenvalue weighted by atomic mass is 10.2. The molecule has 2 unspecified atom stereocenters.